The first-order valence-corrected chi connectivity index (χ1v) is 9.77. The third-order valence-electron chi connectivity index (χ3n) is 3.62. The van der Waals surface area contributed by atoms with Crippen LogP contribution in [0.3, 0.4) is 0 Å². The van der Waals surface area contributed by atoms with Gasteiger partial charge in [0.2, 0.25) is 0 Å². The molecule has 0 aliphatic carbocycles. The van der Waals surface area contributed by atoms with Crippen molar-refractivity contribution in [2.45, 2.75) is 0 Å². The van der Waals surface area contributed by atoms with Crippen molar-refractivity contribution in [2.75, 3.05) is 23.9 Å². The molecule has 4 nitrogen and oxygen atoms in total. The van der Waals surface area contributed by atoms with Gasteiger partial charge in [-0.2, -0.15) is 10.5 Å². The summed E-state index contributed by atoms with van der Waals surface area (Å²) >= 11 is 7.10. The minimum atomic E-state index is -0.262. The normalized spacial score (nSPS) is 10.6. The lowest BCUT2D eigenvalue weighted by atomic mass is 9.96. The van der Waals surface area contributed by atoms with Gasteiger partial charge in [0.25, 0.3) is 0 Å². The van der Waals surface area contributed by atoms with Crippen LogP contribution in [0.5, 0.6) is 11.5 Å². The van der Waals surface area contributed by atoms with Crippen molar-refractivity contribution >= 4 is 31.9 Å². The molecule has 0 heterocycles. The summed E-state index contributed by atoms with van der Waals surface area (Å²) in [5.74, 6) is 1.42. The average Bonchev–Trinajstić information content (AvgIpc) is 2.69. The lowest BCUT2D eigenvalue weighted by Crippen LogP contribution is -2.38. The standard InChI is InChI=1S/C19H16Br2N2O2/c20-11-19(12-21,13-24-17-5-1-15(9-22)2-6-17)14-25-18-7-3-16(10-23)4-8-18/h1-8H,11-14H2. The van der Waals surface area contributed by atoms with Crippen molar-refractivity contribution in [3.05, 3.63) is 59.7 Å². The predicted octanol–water partition coefficient (Wildman–Crippen LogP) is 4.66. The Hall–Kier alpha value is -2.02. The summed E-state index contributed by atoms with van der Waals surface area (Å²) in [6.45, 7) is 0.900. The van der Waals surface area contributed by atoms with Crippen LogP contribution in [0.4, 0.5) is 0 Å². The second kappa shape index (κ2) is 9.46. The first-order chi connectivity index (χ1) is 12.1. The Morgan fingerprint density at radius 2 is 1.08 bits per heavy atom. The minimum Gasteiger partial charge on any atom is -0.493 e. The molecule has 0 fully saturated rings. The third kappa shape index (κ3) is 5.49. The van der Waals surface area contributed by atoms with Crippen LogP contribution in [-0.2, 0) is 0 Å². The number of alkyl halides is 2. The largest absolute Gasteiger partial charge is 0.493 e. The maximum absolute atomic E-state index is 8.84. The van der Waals surface area contributed by atoms with E-state index in [-0.39, 0.29) is 5.41 Å². The van der Waals surface area contributed by atoms with Crippen LogP contribution in [0.1, 0.15) is 11.1 Å². The Labute approximate surface area is 164 Å². The Morgan fingerprint density at radius 1 is 0.720 bits per heavy atom. The number of benzene rings is 2. The van der Waals surface area contributed by atoms with Crippen molar-refractivity contribution in [2.24, 2.45) is 5.41 Å². The highest BCUT2D eigenvalue weighted by Gasteiger charge is 2.30. The van der Waals surface area contributed by atoms with Gasteiger partial charge in [-0.15, -0.1) is 0 Å². The lowest BCUT2D eigenvalue weighted by Gasteiger charge is -2.29. The first kappa shape index (κ1) is 19.3. The van der Waals surface area contributed by atoms with Gasteiger partial charge in [-0.25, -0.2) is 0 Å². The molecule has 0 bridgehead atoms. The van der Waals surface area contributed by atoms with Crippen molar-refractivity contribution in [3.8, 4) is 23.6 Å². The smallest absolute Gasteiger partial charge is 0.119 e. The van der Waals surface area contributed by atoms with Crippen LogP contribution in [0, 0.1) is 28.1 Å². The fourth-order valence-electron chi connectivity index (χ4n) is 1.96. The van der Waals surface area contributed by atoms with Crippen LogP contribution in [0.25, 0.3) is 0 Å². The summed E-state index contributed by atoms with van der Waals surface area (Å²) in [7, 11) is 0. The second-order valence-corrected chi connectivity index (χ2v) is 6.74. The molecule has 2 aromatic rings. The zero-order valence-corrected chi connectivity index (χ0v) is 16.6. The molecule has 0 aromatic heterocycles. The van der Waals surface area contributed by atoms with Crippen LogP contribution in [0.15, 0.2) is 48.5 Å². The van der Waals surface area contributed by atoms with Gasteiger partial charge < -0.3 is 9.47 Å². The molecule has 0 spiro atoms. The van der Waals surface area contributed by atoms with Crippen LogP contribution < -0.4 is 9.47 Å². The average molecular weight is 464 g/mol. The van der Waals surface area contributed by atoms with Gasteiger partial charge in [-0.3, -0.25) is 0 Å². The summed E-state index contributed by atoms with van der Waals surface area (Å²) in [6, 6.07) is 18.2. The number of hydrogen-bond donors (Lipinski definition) is 0. The highest BCUT2D eigenvalue weighted by molar-refractivity contribution is 9.09. The maximum atomic E-state index is 8.84. The molecule has 128 valence electrons. The topological polar surface area (TPSA) is 66.0 Å². The number of ether oxygens (including phenoxy) is 2. The summed E-state index contributed by atoms with van der Waals surface area (Å²) in [6.07, 6.45) is 0. The van der Waals surface area contributed by atoms with Gasteiger partial charge in [0, 0.05) is 10.7 Å². The number of rotatable bonds is 8. The zero-order chi connectivity index (χ0) is 18.1. The number of halogens is 2. The van der Waals surface area contributed by atoms with E-state index >= 15 is 0 Å². The van der Waals surface area contributed by atoms with Crippen molar-refractivity contribution in [1.82, 2.24) is 0 Å². The summed E-state index contributed by atoms with van der Waals surface area (Å²) in [5.41, 5.74) is 0.939. The van der Waals surface area contributed by atoms with E-state index in [2.05, 4.69) is 44.0 Å². The zero-order valence-electron chi connectivity index (χ0n) is 13.4. The molecule has 0 aliphatic heterocycles. The molecule has 25 heavy (non-hydrogen) atoms. The van der Waals surface area contributed by atoms with Gasteiger partial charge in [-0.1, -0.05) is 31.9 Å². The second-order valence-electron chi connectivity index (χ2n) is 5.62. The Balaban J connectivity index is 1.98. The van der Waals surface area contributed by atoms with Crippen LogP contribution in [-0.4, -0.2) is 23.9 Å². The molecule has 0 N–H and O–H groups in total. The predicted molar refractivity (Wildman–Crippen MR) is 103 cm³/mol. The molecule has 6 heteroatoms. The molecule has 2 aromatic carbocycles. The fraction of sp³-hybridized carbons (Fsp3) is 0.263. The summed E-state index contributed by atoms with van der Waals surface area (Å²) in [4.78, 5) is 0. The number of nitriles is 2. The third-order valence-corrected chi connectivity index (χ3v) is 6.00. The Bertz CT molecular complexity index is 694. The van der Waals surface area contributed by atoms with E-state index < -0.39 is 0 Å². The van der Waals surface area contributed by atoms with E-state index in [4.69, 9.17) is 20.0 Å². The van der Waals surface area contributed by atoms with E-state index in [1.54, 1.807) is 48.5 Å². The van der Waals surface area contributed by atoms with E-state index in [0.717, 1.165) is 0 Å². The molecule has 0 aliphatic rings. The molecule has 0 amide bonds. The van der Waals surface area contributed by atoms with E-state index in [0.29, 0.717) is 46.5 Å². The minimum absolute atomic E-state index is 0.262. The van der Waals surface area contributed by atoms with Crippen LogP contribution in [0.2, 0.25) is 0 Å². The summed E-state index contributed by atoms with van der Waals surface area (Å²) < 4.78 is 11.8. The highest BCUT2D eigenvalue weighted by Crippen LogP contribution is 2.27. The quantitative estimate of drug-likeness (QED) is 0.533. The van der Waals surface area contributed by atoms with E-state index in [1.165, 1.54) is 0 Å². The first-order valence-electron chi connectivity index (χ1n) is 7.52. The Morgan fingerprint density at radius 3 is 1.36 bits per heavy atom. The molecule has 0 unspecified atom stereocenters. The SMILES string of the molecule is N#Cc1ccc(OCC(CBr)(CBr)COc2ccc(C#N)cc2)cc1. The molecular weight excluding hydrogens is 448 g/mol. The van der Waals surface area contributed by atoms with Gasteiger partial charge in [-0.05, 0) is 48.5 Å². The summed E-state index contributed by atoms with van der Waals surface area (Å²) in [5, 5.41) is 19.1. The highest BCUT2D eigenvalue weighted by atomic mass is 79.9. The molecular formula is C19H16Br2N2O2. The molecule has 2 rings (SSSR count). The van der Waals surface area contributed by atoms with Gasteiger partial charge in [0.15, 0.2) is 0 Å². The molecule has 0 radical (unpaired) electrons. The molecule has 0 atom stereocenters. The number of hydrogen-bond acceptors (Lipinski definition) is 4. The Kier molecular flexibility index (Phi) is 7.31. The van der Waals surface area contributed by atoms with Crippen molar-refractivity contribution in [1.29, 1.82) is 10.5 Å². The molecule has 0 saturated carbocycles. The molecule has 0 saturated heterocycles. The van der Waals surface area contributed by atoms with Crippen molar-refractivity contribution in [3.63, 3.8) is 0 Å². The fourth-order valence-corrected chi connectivity index (χ4v) is 3.53. The van der Waals surface area contributed by atoms with E-state index in [9.17, 15) is 0 Å². The van der Waals surface area contributed by atoms with Crippen LogP contribution >= 0.6 is 31.9 Å². The van der Waals surface area contributed by atoms with E-state index in [1.807, 2.05) is 0 Å². The van der Waals surface area contributed by atoms with Gasteiger partial charge >= 0.3 is 0 Å². The maximum Gasteiger partial charge on any atom is 0.119 e. The van der Waals surface area contributed by atoms with Crippen molar-refractivity contribution < 1.29 is 9.47 Å². The lowest BCUT2D eigenvalue weighted by molar-refractivity contribution is 0.120. The van der Waals surface area contributed by atoms with Gasteiger partial charge in [0.1, 0.15) is 11.5 Å². The van der Waals surface area contributed by atoms with Gasteiger partial charge in [0.05, 0.1) is 41.9 Å². The monoisotopic (exact) mass is 462 g/mol. The number of nitrogens with zero attached hydrogens (tertiary/aromatic N) is 2.